The van der Waals surface area contributed by atoms with Crippen LogP contribution < -0.4 is 0 Å². The molecule has 0 saturated heterocycles. The quantitative estimate of drug-likeness (QED) is 0.453. The molecule has 2 aromatic rings. The molecule has 0 amide bonds. The van der Waals surface area contributed by atoms with Crippen molar-refractivity contribution in [3.63, 3.8) is 0 Å². The lowest BCUT2D eigenvalue weighted by atomic mass is 10.0. The van der Waals surface area contributed by atoms with E-state index >= 15 is 0 Å². The van der Waals surface area contributed by atoms with Crippen LogP contribution in [0.1, 0.15) is 31.5 Å². The Morgan fingerprint density at radius 1 is 1.13 bits per heavy atom. The summed E-state index contributed by atoms with van der Waals surface area (Å²) in [5.41, 5.74) is 1.19. The first-order valence-corrected chi connectivity index (χ1v) is 10.1. The van der Waals surface area contributed by atoms with Crippen molar-refractivity contribution in [2.75, 3.05) is 13.2 Å². The fourth-order valence-electron chi connectivity index (χ4n) is 2.54. The topological polar surface area (TPSA) is 52.6 Å². The summed E-state index contributed by atoms with van der Waals surface area (Å²) < 4.78 is 24.2. The summed E-state index contributed by atoms with van der Waals surface area (Å²) in [6.45, 7) is 4.09. The molecule has 4 nitrogen and oxygen atoms in total. The minimum atomic E-state index is -3.42. The third kappa shape index (κ3) is 4.18. The van der Waals surface area contributed by atoms with E-state index < -0.39 is 13.3 Å². The maximum absolute atomic E-state index is 13.2. The highest BCUT2D eigenvalue weighted by Crippen LogP contribution is 2.63. The zero-order valence-electron chi connectivity index (χ0n) is 13.3. The van der Waals surface area contributed by atoms with Gasteiger partial charge in [-0.15, -0.1) is 11.3 Å². The third-order valence-electron chi connectivity index (χ3n) is 3.43. The van der Waals surface area contributed by atoms with Crippen LogP contribution in [0.4, 0.5) is 0 Å². The minimum absolute atomic E-state index is 0.0969. The fourth-order valence-corrected chi connectivity index (χ4v) is 5.38. The van der Waals surface area contributed by atoms with Gasteiger partial charge >= 0.3 is 7.60 Å². The highest BCUT2D eigenvalue weighted by Gasteiger charge is 2.37. The molecule has 0 radical (unpaired) electrons. The van der Waals surface area contributed by atoms with Crippen LogP contribution in [0.5, 0.6) is 0 Å². The van der Waals surface area contributed by atoms with Gasteiger partial charge in [-0.05, 0) is 36.4 Å². The van der Waals surface area contributed by atoms with E-state index in [0.29, 0.717) is 0 Å². The predicted molar refractivity (Wildman–Crippen MR) is 94.0 cm³/mol. The monoisotopic (exact) mass is 352 g/mol. The standard InChI is InChI=1S/C17H21O4PS/c1-3-20-22(19,21-4-2)16(11-12-18)14-8-5-6-9-15(14)17-10-7-13-23-17/h5-10,12-13,16H,3-4,11H2,1-2H3. The lowest BCUT2D eigenvalue weighted by molar-refractivity contribution is -0.108. The van der Waals surface area contributed by atoms with Gasteiger partial charge in [0.2, 0.25) is 0 Å². The Bertz CT molecular complexity index is 659. The highest BCUT2D eigenvalue weighted by molar-refractivity contribution is 7.54. The molecule has 0 spiro atoms. The summed E-state index contributed by atoms with van der Waals surface area (Å²) in [6.07, 6.45) is 0.875. The molecule has 0 aliphatic heterocycles. The van der Waals surface area contributed by atoms with E-state index in [2.05, 4.69) is 0 Å². The number of carbonyl (C=O) groups excluding carboxylic acids is 1. The molecule has 6 heteroatoms. The minimum Gasteiger partial charge on any atom is -0.308 e. The molecular formula is C17H21O4PS. The Balaban J connectivity index is 2.54. The average molecular weight is 352 g/mol. The molecule has 23 heavy (non-hydrogen) atoms. The summed E-state index contributed by atoms with van der Waals surface area (Å²) in [5, 5.41) is 1.99. The van der Waals surface area contributed by atoms with Crippen LogP contribution in [0.2, 0.25) is 0 Å². The van der Waals surface area contributed by atoms with Crippen LogP contribution in [-0.4, -0.2) is 19.5 Å². The van der Waals surface area contributed by atoms with Crippen LogP contribution >= 0.6 is 18.9 Å². The molecule has 0 fully saturated rings. The van der Waals surface area contributed by atoms with Crippen molar-refractivity contribution in [2.24, 2.45) is 0 Å². The summed E-state index contributed by atoms with van der Waals surface area (Å²) in [4.78, 5) is 12.3. The molecule has 0 bridgehead atoms. The highest BCUT2D eigenvalue weighted by atomic mass is 32.1. The molecule has 0 aliphatic rings. The molecule has 1 heterocycles. The normalized spacial score (nSPS) is 13.0. The number of aldehydes is 1. The van der Waals surface area contributed by atoms with E-state index in [4.69, 9.17) is 9.05 Å². The first-order valence-electron chi connectivity index (χ1n) is 7.61. The van der Waals surface area contributed by atoms with Crippen molar-refractivity contribution in [2.45, 2.75) is 25.9 Å². The van der Waals surface area contributed by atoms with Gasteiger partial charge in [0.25, 0.3) is 0 Å². The van der Waals surface area contributed by atoms with E-state index in [1.54, 1.807) is 25.2 Å². The maximum atomic E-state index is 13.2. The molecule has 1 aromatic heterocycles. The van der Waals surface area contributed by atoms with Gasteiger partial charge in [0.05, 0.1) is 18.9 Å². The average Bonchev–Trinajstić information content (AvgIpc) is 3.07. The van der Waals surface area contributed by atoms with E-state index in [1.807, 2.05) is 41.8 Å². The van der Waals surface area contributed by atoms with E-state index in [9.17, 15) is 9.36 Å². The molecule has 1 aromatic carbocycles. The first-order chi connectivity index (χ1) is 11.2. The molecule has 2 rings (SSSR count). The van der Waals surface area contributed by atoms with Crippen LogP contribution in [0, 0.1) is 0 Å². The zero-order chi connectivity index (χ0) is 16.7. The van der Waals surface area contributed by atoms with E-state index in [1.165, 1.54) is 0 Å². The van der Waals surface area contributed by atoms with Crippen LogP contribution in [0.25, 0.3) is 10.4 Å². The van der Waals surface area contributed by atoms with Crippen molar-refractivity contribution in [3.05, 3.63) is 47.3 Å². The first kappa shape index (κ1) is 18.1. The number of hydrogen-bond acceptors (Lipinski definition) is 5. The Labute approximate surface area is 141 Å². The van der Waals surface area contributed by atoms with Crippen molar-refractivity contribution >= 4 is 25.2 Å². The number of benzene rings is 1. The smallest absolute Gasteiger partial charge is 0.308 e. The number of rotatable bonds is 9. The Kier molecular flexibility index (Phi) is 6.72. The molecule has 1 unspecified atom stereocenters. The summed E-state index contributed by atoms with van der Waals surface area (Å²) in [6, 6.07) is 11.7. The van der Waals surface area contributed by atoms with Gasteiger partial charge in [0.1, 0.15) is 6.29 Å². The van der Waals surface area contributed by atoms with Crippen LogP contribution in [0.3, 0.4) is 0 Å². The SMILES string of the molecule is CCOP(=O)(OCC)C(CC=O)c1ccccc1-c1cccs1. The van der Waals surface area contributed by atoms with Crippen molar-refractivity contribution in [1.82, 2.24) is 0 Å². The summed E-state index contributed by atoms with van der Waals surface area (Å²) >= 11 is 1.60. The Hall–Kier alpha value is -1.26. The molecule has 1 atom stereocenters. The Morgan fingerprint density at radius 3 is 2.39 bits per heavy atom. The largest absolute Gasteiger partial charge is 0.338 e. The molecular weight excluding hydrogens is 331 g/mol. The van der Waals surface area contributed by atoms with Gasteiger partial charge in [-0.1, -0.05) is 30.3 Å². The summed E-state index contributed by atoms with van der Waals surface area (Å²) in [5.74, 6) is 0. The second-order valence-corrected chi connectivity index (χ2v) is 8.03. The predicted octanol–water partition coefficient (Wildman–Crippen LogP) is 5.31. The van der Waals surface area contributed by atoms with E-state index in [0.717, 1.165) is 22.3 Å². The van der Waals surface area contributed by atoms with Gasteiger partial charge in [-0.25, -0.2) is 0 Å². The maximum Gasteiger partial charge on any atom is 0.338 e. The second-order valence-electron chi connectivity index (χ2n) is 4.86. The van der Waals surface area contributed by atoms with Crippen molar-refractivity contribution in [3.8, 4) is 10.4 Å². The fraction of sp³-hybridized carbons (Fsp3) is 0.353. The Morgan fingerprint density at radius 2 is 1.83 bits per heavy atom. The van der Waals surface area contributed by atoms with Gasteiger partial charge in [0.15, 0.2) is 0 Å². The lowest BCUT2D eigenvalue weighted by Gasteiger charge is -2.26. The zero-order valence-corrected chi connectivity index (χ0v) is 15.0. The molecule has 0 N–H and O–H groups in total. The molecule has 0 aliphatic carbocycles. The number of thiophene rings is 1. The lowest BCUT2D eigenvalue weighted by Crippen LogP contribution is -2.08. The van der Waals surface area contributed by atoms with Gasteiger partial charge < -0.3 is 13.8 Å². The number of hydrogen-bond donors (Lipinski definition) is 0. The number of carbonyl (C=O) groups is 1. The van der Waals surface area contributed by atoms with Crippen LogP contribution in [-0.2, 0) is 18.4 Å². The van der Waals surface area contributed by atoms with Crippen molar-refractivity contribution in [1.29, 1.82) is 0 Å². The molecule has 124 valence electrons. The van der Waals surface area contributed by atoms with Gasteiger partial charge in [0, 0.05) is 11.3 Å². The van der Waals surface area contributed by atoms with E-state index in [-0.39, 0.29) is 19.6 Å². The van der Waals surface area contributed by atoms with Gasteiger partial charge in [-0.2, -0.15) is 0 Å². The van der Waals surface area contributed by atoms with Crippen LogP contribution in [0.15, 0.2) is 41.8 Å². The summed E-state index contributed by atoms with van der Waals surface area (Å²) in [7, 11) is -3.42. The van der Waals surface area contributed by atoms with Crippen molar-refractivity contribution < 1.29 is 18.4 Å². The molecule has 0 saturated carbocycles. The second kappa shape index (κ2) is 8.55. The third-order valence-corrected chi connectivity index (χ3v) is 6.82. The van der Waals surface area contributed by atoms with Gasteiger partial charge in [-0.3, -0.25) is 4.57 Å².